The van der Waals surface area contributed by atoms with E-state index in [1.54, 1.807) is 0 Å². The fourth-order valence-electron chi connectivity index (χ4n) is 3.64. The van der Waals surface area contributed by atoms with Crippen LogP contribution in [0.2, 0.25) is 0 Å². The molecule has 1 aromatic carbocycles. The summed E-state index contributed by atoms with van der Waals surface area (Å²) in [5.74, 6) is 0. The van der Waals surface area contributed by atoms with Crippen molar-refractivity contribution in [3.63, 3.8) is 0 Å². The van der Waals surface area contributed by atoms with Crippen molar-refractivity contribution < 1.29 is 0 Å². The van der Waals surface area contributed by atoms with Crippen LogP contribution in [0.25, 0.3) is 0 Å². The Labute approximate surface area is 122 Å². The lowest BCUT2D eigenvalue weighted by Gasteiger charge is -2.30. The Kier molecular flexibility index (Phi) is 4.09. The van der Waals surface area contributed by atoms with Crippen molar-refractivity contribution in [1.82, 2.24) is 5.43 Å². The normalized spacial score (nSPS) is 22.6. The van der Waals surface area contributed by atoms with Crippen LogP contribution in [0.1, 0.15) is 70.3 Å². The van der Waals surface area contributed by atoms with Gasteiger partial charge in [-0.05, 0) is 18.9 Å². The minimum absolute atomic E-state index is 0.216. The standard InChI is InChI=1S/C18H25N2/c1-18(13-9-5-3-2-4-6-10-14-18)17-15-11-7-8-12-16(15)19-20-17/h7-8,11-12H,2-6,9-10,13-14H2,1H3. The summed E-state index contributed by atoms with van der Waals surface area (Å²) in [6, 6.07) is 8.43. The topological polar surface area (TPSA) is 26.5 Å². The summed E-state index contributed by atoms with van der Waals surface area (Å²) in [4.78, 5) is 0. The molecule has 1 saturated carbocycles. The lowest BCUT2D eigenvalue weighted by atomic mass is 9.73. The van der Waals surface area contributed by atoms with Crippen molar-refractivity contribution >= 4 is 11.4 Å². The van der Waals surface area contributed by atoms with E-state index in [9.17, 15) is 0 Å². The third-order valence-corrected chi connectivity index (χ3v) is 4.95. The molecule has 0 amide bonds. The molecule has 107 valence electrons. The maximum Gasteiger partial charge on any atom is 0.0948 e. The molecule has 0 spiro atoms. The zero-order valence-corrected chi connectivity index (χ0v) is 12.6. The van der Waals surface area contributed by atoms with Crippen LogP contribution in [0.3, 0.4) is 0 Å². The van der Waals surface area contributed by atoms with Crippen molar-refractivity contribution in [2.45, 2.75) is 64.7 Å². The average molecular weight is 269 g/mol. The average Bonchev–Trinajstić information content (AvgIpc) is 2.91. The summed E-state index contributed by atoms with van der Waals surface area (Å²) in [5.41, 5.74) is 8.17. The highest BCUT2D eigenvalue weighted by atomic mass is 15.3. The first-order valence-corrected chi connectivity index (χ1v) is 8.18. The number of fused-ring (bicyclic) bond motifs is 1. The maximum atomic E-state index is 4.57. The Hall–Kier alpha value is -1.31. The molecule has 1 aromatic rings. The molecule has 0 saturated heterocycles. The predicted octanol–water partition coefficient (Wildman–Crippen LogP) is 5.17. The van der Waals surface area contributed by atoms with Gasteiger partial charge in [0.25, 0.3) is 0 Å². The van der Waals surface area contributed by atoms with Gasteiger partial charge < -0.3 is 0 Å². The Bertz CT molecular complexity index is 480. The number of rotatable bonds is 1. The van der Waals surface area contributed by atoms with Crippen LogP contribution in [0, 0.1) is 5.41 Å². The molecule has 1 aliphatic heterocycles. The molecule has 20 heavy (non-hydrogen) atoms. The van der Waals surface area contributed by atoms with E-state index in [1.165, 1.54) is 69.1 Å². The van der Waals surface area contributed by atoms with Gasteiger partial charge in [-0.3, -0.25) is 0 Å². The molecule has 2 nitrogen and oxygen atoms in total. The van der Waals surface area contributed by atoms with E-state index in [1.807, 2.05) is 0 Å². The molecule has 0 aromatic heterocycles. The zero-order chi connectivity index (χ0) is 13.8. The van der Waals surface area contributed by atoms with Crippen LogP contribution in [-0.2, 0) is 0 Å². The smallest absolute Gasteiger partial charge is 0.0948 e. The van der Waals surface area contributed by atoms with Gasteiger partial charge in [0, 0.05) is 11.0 Å². The summed E-state index contributed by atoms with van der Waals surface area (Å²) in [5, 5.41) is 4.57. The van der Waals surface area contributed by atoms with Crippen LogP contribution in [0.15, 0.2) is 29.4 Å². The Balaban J connectivity index is 1.82. The van der Waals surface area contributed by atoms with Gasteiger partial charge in [-0.25, -0.2) is 0 Å². The van der Waals surface area contributed by atoms with Gasteiger partial charge in [0.05, 0.1) is 11.4 Å². The number of nitrogens with zero attached hydrogens (tertiary/aromatic N) is 2. The monoisotopic (exact) mass is 269 g/mol. The van der Waals surface area contributed by atoms with Crippen LogP contribution in [-0.4, -0.2) is 5.71 Å². The minimum Gasteiger partial charge on any atom is -0.154 e. The van der Waals surface area contributed by atoms with E-state index in [2.05, 4.69) is 41.7 Å². The van der Waals surface area contributed by atoms with E-state index < -0.39 is 0 Å². The molecule has 3 rings (SSSR count). The molecule has 2 aliphatic rings. The highest BCUT2D eigenvalue weighted by Gasteiger charge is 2.35. The van der Waals surface area contributed by atoms with Crippen LogP contribution in [0.5, 0.6) is 0 Å². The fraction of sp³-hybridized carbons (Fsp3) is 0.611. The highest BCUT2D eigenvalue weighted by molar-refractivity contribution is 6.09. The van der Waals surface area contributed by atoms with Crippen molar-refractivity contribution in [2.24, 2.45) is 10.5 Å². The fourth-order valence-corrected chi connectivity index (χ4v) is 3.64. The summed E-state index contributed by atoms with van der Waals surface area (Å²) in [6.07, 6.45) is 12.2. The van der Waals surface area contributed by atoms with Gasteiger partial charge in [-0.2, -0.15) is 10.5 Å². The quantitative estimate of drug-likeness (QED) is 0.672. The van der Waals surface area contributed by atoms with E-state index >= 15 is 0 Å². The highest BCUT2D eigenvalue weighted by Crippen LogP contribution is 2.40. The Morgan fingerprint density at radius 3 is 2.15 bits per heavy atom. The Morgan fingerprint density at radius 1 is 0.850 bits per heavy atom. The van der Waals surface area contributed by atoms with E-state index in [0.29, 0.717) is 0 Å². The zero-order valence-electron chi connectivity index (χ0n) is 12.6. The third kappa shape index (κ3) is 2.74. The van der Waals surface area contributed by atoms with Gasteiger partial charge >= 0.3 is 0 Å². The summed E-state index contributed by atoms with van der Waals surface area (Å²) < 4.78 is 0. The number of benzene rings is 1. The van der Waals surface area contributed by atoms with Gasteiger partial charge in [0.15, 0.2) is 0 Å². The second-order valence-electron chi connectivity index (χ2n) is 6.60. The van der Waals surface area contributed by atoms with E-state index in [0.717, 1.165) is 5.69 Å². The number of hydrogen-bond donors (Lipinski definition) is 0. The SMILES string of the molecule is CC1(C2=N[N]c3ccccc32)CCCCCCCCC1. The van der Waals surface area contributed by atoms with Gasteiger partial charge in [-0.1, -0.05) is 70.1 Å². The lowest BCUT2D eigenvalue weighted by molar-refractivity contribution is 0.345. The van der Waals surface area contributed by atoms with Crippen LogP contribution in [0.4, 0.5) is 5.69 Å². The van der Waals surface area contributed by atoms with Crippen LogP contribution < -0.4 is 5.43 Å². The second kappa shape index (κ2) is 5.99. The number of hydrogen-bond acceptors (Lipinski definition) is 1. The summed E-state index contributed by atoms with van der Waals surface area (Å²) in [6.45, 7) is 2.41. The first-order valence-electron chi connectivity index (χ1n) is 8.18. The molecule has 1 aliphatic carbocycles. The summed E-state index contributed by atoms with van der Waals surface area (Å²) >= 11 is 0. The van der Waals surface area contributed by atoms with Gasteiger partial charge in [-0.15, -0.1) is 0 Å². The maximum absolute atomic E-state index is 4.57. The molecular formula is C18H25N2. The lowest BCUT2D eigenvalue weighted by Crippen LogP contribution is -2.28. The molecule has 1 heterocycles. The van der Waals surface area contributed by atoms with Crippen molar-refractivity contribution in [3.05, 3.63) is 29.8 Å². The molecule has 2 heteroatoms. The first-order chi connectivity index (χ1) is 9.80. The van der Waals surface area contributed by atoms with Gasteiger partial charge in [0.2, 0.25) is 0 Å². The minimum atomic E-state index is 0.216. The molecule has 0 unspecified atom stereocenters. The largest absolute Gasteiger partial charge is 0.154 e. The molecule has 0 atom stereocenters. The predicted molar refractivity (Wildman–Crippen MR) is 84.4 cm³/mol. The van der Waals surface area contributed by atoms with E-state index in [-0.39, 0.29) is 5.41 Å². The van der Waals surface area contributed by atoms with Crippen molar-refractivity contribution in [3.8, 4) is 0 Å². The molecular weight excluding hydrogens is 244 g/mol. The van der Waals surface area contributed by atoms with E-state index in [4.69, 9.17) is 0 Å². The van der Waals surface area contributed by atoms with Gasteiger partial charge in [0.1, 0.15) is 0 Å². The Morgan fingerprint density at radius 2 is 1.45 bits per heavy atom. The van der Waals surface area contributed by atoms with Crippen LogP contribution >= 0.6 is 0 Å². The molecule has 0 bridgehead atoms. The second-order valence-corrected chi connectivity index (χ2v) is 6.60. The van der Waals surface area contributed by atoms with Crippen molar-refractivity contribution in [2.75, 3.05) is 0 Å². The molecule has 1 fully saturated rings. The third-order valence-electron chi connectivity index (χ3n) is 4.95. The molecule has 0 N–H and O–H groups in total. The summed E-state index contributed by atoms with van der Waals surface area (Å²) in [7, 11) is 0. The van der Waals surface area contributed by atoms with Crippen molar-refractivity contribution in [1.29, 1.82) is 0 Å². The first kappa shape index (κ1) is 13.7. The molecule has 1 radical (unpaired) electrons.